The van der Waals surface area contributed by atoms with E-state index in [1.165, 1.54) is 0 Å². The van der Waals surface area contributed by atoms with Gasteiger partial charge in [0.15, 0.2) is 5.82 Å². The van der Waals surface area contributed by atoms with Crippen molar-refractivity contribution in [2.75, 3.05) is 0 Å². The maximum Gasteiger partial charge on any atom is 0.471 e. The summed E-state index contributed by atoms with van der Waals surface area (Å²) in [4.78, 5) is 3.35. The Balaban J connectivity index is 2.09. The zero-order chi connectivity index (χ0) is 13.3. The number of halogens is 3. The molecular formula is C11H16F3N3O. The molecule has 0 saturated heterocycles. The molecule has 0 aliphatic heterocycles. The van der Waals surface area contributed by atoms with Crippen molar-refractivity contribution < 1.29 is 17.7 Å². The van der Waals surface area contributed by atoms with Gasteiger partial charge in [0.2, 0.25) is 0 Å². The minimum absolute atomic E-state index is 0.0403. The SMILES string of the molecule is CC1CCCC(C(N)c2noc(C(F)(F)F)n2)C1. The van der Waals surface area contributed by atoms with Crippen LogP contribution in [-0.4, -0.2) is 10.1 Å². The molecule has 0 aromatic carbocycles. The fourth-order valence-corrected chi connectivity index (χ4v) is 2.50. The molecule has 1 aliphatic rings. The highest BCUT2D eigenvalue weighted by molar-refractivity contribution is 4.98. The molecule has 0 radical (unpaired) electrons. The van der Waals surface area contributed by atoms with Crippen LogP contribution in [0.3, 0.4) is 0 Å². The molecule has 1 aromatic heterocycles. The lowest BCUT2D eigenvalue weighted by Gasteiger charge is -2.29. The summed E-state index contributed by atoms with van der Waals surface area (Å²) < 4.78 is 41.2. The van der Waals surface area contributed by atoms with Gasteiger partial charge in [-0.05, 0) is 24.7 Å². The van der Waals surface area contributed by atoms with Crippen molar-refractivity contribution >= 4 is 0 Å². The Morgan fingerprint density at radius 1 is 1.39 bits per heavy atom. The fourth-order valence-electron chi connectivity index (χ4n) is 2.50. The van der Waals surface area contributed by atoms with Gasteiger partial charge >= 0.3 is 12.1 Å². The third kappa shape index (κ3) is 2.82. The zero-order valence-electron chi connectivity index (χ0n) is 10.1. The third-order valence-electron chi connectivity index (χ3n) is 3.47. The van der Waals surface area contributed by atoms with Crippen molar-refractivity contribution in [2.24, 2.45) is 17.6 Å². The van der Waals surface area contributed by atoms with E-state index in [0.717, 1.165) is 25.7 Å². The Hall–Kier alpha value is -1.11. The van der Waals surface area contributed by atoms with Crippen molar-refractivity contribution in [1.82, 2.24) is 10.1 Å². The molecular weight excluding hydrogens is 247 g/mol. The first-order valence-corrected chi connectivity index (χ1v) is 6.04. The number of hydrogen-bond acceptors (Lipinski definition) is 4. The first-order chi connectivity index (χ1) is 8.38. The summed E-state index contributed by atoms with van der Waals surface area (Å²) in [6, 6.07) is -0.576. The van der Waals surface area contributed by atoms with Crippen LogP contribution in [-0.2, 0) is 6.18 Å². The van der Waals surface area contributed by atoms with Crippen LogP contribution in [0.25, 0.3) is 0 Å². The van der Waals surface area contributed by atoms with E-state index in [0.29, 0.717) is 5.92 Å². The van der Waals surface area contributed by atoms with Gasteiger partial charge in [-0.2, -0.15) is 18.2 Å². The summed E-state index contributed by atoms with van der Waals surface area (Å²) in [5.41, 5.74) is 5.94. The summed E-state index contributed by atoms with van der Waals surface area (Å²) in [5, 5.41) is 3.35. The Morgan fingerprint density at radius 3 is 2.67 bits per heavy atom. The summed E-state index contributed by atoms with van der Waals surface area (Å²) in [7, 11) is 0. The van der Waals surface area contributed by atoms with Crippen molar-refractivity contribution in [3.63, 3.8) is 0 Å². The number of hydrogen-bond donors (Lipinski definition) is 1. The highest BCUT2D eigenvalue weighted by Gasteiger charge is 2.39. The normalized spacial score (nSPS) is 27.2. The largest absolute Gasteiger partial charge is 0.471 e. The van der Waals surface area contributed by atoms with Crippen molar-refractivity contribution in [1.29, 1.82) is 0 Å². The molecule has 1 saturated carbocycles. The Labute approximate surface area is 103 Å². The van der Waals surface area contributed by atoms with Gasteiger partial charge in [-0.15, -0.1) is 0 Å². The lowest BCUT2D eigenvalue weighted by Crippen LogP contribution is -2.27. The molecule has 4 nitrogen and oxygen atoms in total. The number of alkyl halides is 3. The molecule has 3 unspecified atom stereocenters. The van der Waals surface area contributed by atoms with Gasteiger partial charge in [0.05, 0.1) is 6.04 Å². The molecule has 0 spiro atoms. The minimum Gasteiger partial charge on any atom is -0.329 e. The van der Waals surface area contributed by atoms with Crippen LogP contribution in [0.2, 0.25) is 0 Å². The first kappa shape index (κ1) is 13.3. The Kier molecular flexibility index (Phi) is 3.61. The molecule has 1 aromatic rings. The van der Waals surface area contributed by atoms with Crippen molar-refractivity contribution in [3.05, 3.63) is 11.7 Å². The zero-order valence-corrected chi connectivity index (χ0v) is 10.1. The number of aromatic nitrogens is 2. The summed E-state index contributed by atoms with van der Waals surface area (Å²) in [6.07, 6.45) is -0.615. The van der Waals surface area contributed by atoms with Crippen molar-refractivity contribution in [3.8, 4) is 0 Å². The number of rotatable bonds is 2. The molecule has 18 heavy (non-hydrogen) atoms. The molecule has 0 amide bonds. The smallest absolute Gasteiger partial charge is 0.329 e. The third-order valence-corrected chi connectivity index (χ3v) is 3.47. The highest BCUT2D eigenvalue weighted by atomic mass is 19.4. The standard InChI is InChI=1S/C11H16F3N3O/c1-6-3-2-4-7(5-6)8(15)9-16-10(18-17-9)11(12,13)14/h6-8H,2-5,15H2,1H3. The van der Waals surface area contributed by atoms with E-state index >= 15 is 0 Å². The maximum absolute atomic E-state index is 12.3. The van der Waals surface area contributed by atoms with E-state index in [1.807, 2.05) is 0 Å². The molecule has 2 N–H and O–H groups in total. The first-order valence-electron chi connectivity index (χ1n) is 6.04. The lowest BCUT2D eigenvalue weighted by molar-refractivity contribution is -0.159. The maximum atomic E-state index is 12.3. The molecule has 2 rings (SSSR count). The topological polar surface area (TPSA) is 64.9 Å². The predicted molar refractivity (Wildman–Crippen MR) is 57.4 cm³/mol. The average Bonchev–Trinajstić information content (AvgIpc) is 2.77. The van der Waals surface area contributed by atoms with Crippen LogP contribution < -0.4 is 5.73 Å². The molecule has 102 valence electrons. The number of nitrogens with two attached hydrogens (primary N) is 1. The van der Waals surface area contributed by atoms with E-state index in [4.69, 9.17) is 5.73 Å². The second-order valence-corrected chi connectivity index (χ2v) is 5.01. The van der Waals surface area contributed by atoms with Crippen LogP contribution >= 0.6 is 0 Å². The number of nitrogens with zero attached hydrogens (tertiary/aromatic N) is 2. The van der Waals surface area contributed by atoms with Gasteiger partial charge in [0, 0.05) is 0 Å². The van der Waals surface area contributed by atoms with Gasteiger partial charge in [0.1, 0.15) is 0 Å². The van der Waals surface area contributed by atoms with Crippen LogP contribution in [0.4, 0.5) is 13.2 Å². The van der Waals surface area contributed by atoms with Gasteiger partial charge in [-0.25, -0.2) is 0 Å². The quantitative estimate of drug-likeness (QED) is 0.891. The predicted octanol–water partition coefficient (Wildman–Crippen LogP) is 2.91. The van der Waals surface area contributed by atoms with E-state index in [1.54, 1.807) is 0 Å². The van der Waals surface area contributed by atoms with E-state index < -0.39 is 18.1 Å². The minimum atomic E-state index is -4.61. The molecule has 1 fully saturated rings. The second-order valence-electron chi connectivity index (χ2n) is 5.01. The summed E-state index contributed by atoms with van der Waals surface area (Å²) in [6.45, 7) is 2.12. The van der Waals surface area contributed by atoms with E-state index in [-0.39, 0.29) is 11.7 Å². The van der Waals surface area contributed by atoms with E-state index in [9.17, 15) is 13.2 Å². The average molecular weight is 263 g/mol. The molecule has 1 aliphatic carbocycles. The molecule has 7 heteroatoms. The van der Waals surface area contributed by atoms with Crippen LogP contribution in [0.5, 0.6) is 0 Å². The molecule has 0 bridgehead atoms. The van der Waals surface area contributed by atoms with Gasteiger partial charge in [0.25, 0.3) is 0 Å². The highest BCUT2D eigenvalue weighted by Crippen LogP contribution is 2.36. The molecule has 3 atom stereocenters. The van der Waals surface area contributed by atoms with Gasteiger partial charge in [-0.1, -0.05) is 24.9 Å². The Morgan fingerprint density at radius 2 is 2.11 bits per heavy atom. The van der Waals surface area contributed by atoms with Crippen LogP contribution in [0, 0.1) is 11.8 Å². The van der Waals surface area contributed by atoms with Crippen molar-refractivity contribution in [2.45, 2.75) is 44.8 Å². The Bertz CT molecular complexity index is 404. The monoisotopic (exact) mass is 263 g/mol. The second kappa shape index (κ2) is 4.87. The van der Waals surface area contributed by atoms with Gasteiger partial charge in [-0.3, -0.25) is 0 Å². The fraction of sp³-hybridized carbons (Fsp3) is 0.818. The van der Waals surface area contributed by atoms with Gasteiger partial charge < -0.3 is 10.3 Å². The molecule has 1 heterocycles. The lowest BCUT2D eigenvalue weighted by atomic mass is 9.78. The summed E-state index contributed by atoms with van der Waals surface area (Å²) >= 11 is 0. The van der Waals surface area contributed by atoms with Crippen LogP contribution in [0.1, 0.15) is 50.4 Å². The summed E-state index contributed by atoms with van der Waals surface area (Å²) in [5.74, 6) is -0.686. The van der Waals surface area contributed by atoms with E-state index in [2.05, 4.69) is 21.6 Å². The van der Waals surface area contributed by atoms with Crippen LogP contribution in [0.15, 0.2) is 4.52 Å².